The number of rotatable bonds is 18. The molecule has 67 heavy (non-hydrogen) atoms. The van der Waals surface area contributed by atoms with E-state index in [4.69, 9.17) is 4.74 Å². The normalized spacial score (nSPS) is 14.4. The summed E-state index contributed by atoms with van der Waals surface area (Å²) >= 11 is 0. The fraction of sp³-hybridized carbons (Fsp3) is 0.302. The molecule has 0 aliphatic carbocycles. The second-order valence-corrected chi connectivity index (χ2v) is 23.5. The van der Waals surface area contributed by atoms with Gasteiger partial charge in [0.05, 0.1) is 32.4 Å². The zero-order valence-electron chi connectivity index (χ0n) is 38.4. The standard InChI is InChI=1S/C53H56F2N2O8S2/c1-7-33(4)16-17-38-24-39(53(58)46-26-37(42-12-10-14-49(54)47(42)29-56)19-22-44(46)43-13-11-15-50(55)48(43)30-57)20-23-51(38)65-40-21-18-36-25-41(66(59,60,61)31-34(5)8-2)28-52(45(36)27-40)67(62,63,64)32-35(6)9-3/h10-15,18-28,33-35H,7-9,16-17,31-32H2,1-6H3,(H2,59,60,61)(H2,62,63,64). The van der Waals surface area contributed by atoms with Gasteiger partial charge in [-0.3, -0.25) is 4.79 Å². The summed E-state index contributed by atoms with van der Waals surface area (Å²) in [5.74, 6) is -3.23. The number of aryl methyl sites for hydroxylation is 1. The molecule has 6 aromatic carbocycles. The van der Waals surface area contributed by atoms with E-state index in [0.29, 0.717) is 42.6 Å². The summed E-state index contributed by atoms with van der Waals surface area (Å²) in [6.45, 7) is 11.1. The zero-order chi connectivity index (χ0) is 49.1. The molecule has 14 heteroatoms. The Balaban J connectivity index is 1.51. The molecule has 6 aromatic rings. The molecule has 0 fully saturated rings. The number of carbonyl (C=O) groups is 1. The van der Waals surface area contributed by atoms with Gasteiger partial charge < -0.3 is 22.9 Å². The van der Waals surface area contributed by atoms with Crippen molar-refractivity contribution >= 4 is 35.8 Å². The first kappa shape index (κ1) is 50.4. The van der Waals surface area contributed by atoms with E-state index in [1.807, 2.05) is 12.1 Å². The molecule has 0 aliphatic heterocycles. The van der Waals surface area contributed by atoms with Crippen molar-refractivity contribution in [2.45, 2.75) is 83.4 Å². The van der Waals surface area contributed by atoms with Crippen LogP contribution in [0.1, 0.15) is 99.8 Å². The topological polar surface area (TPSA) is 189 Å². The molecule has 0 bridgehead atoms. The van der Waals surface area contributed by atoms with E-state index in [1.54, 1.807) is 64.1 Å². The first-order valence-corrected chi connectivity index (χ1v) is 26.3. The van der Waals surface area contributed by atoms with Crippen molar-refractivity contribution in [2.24, 2.45) is 17.8 Å². The van der Waals surface area contributed by atoms with Crippen LogP contribution in [0, 0.1) is 52.1 Å². The molecule has 10 nitrogen and oxygen atoms in total. The summed E-state index contributed by atoms with van der Waals surface area (Å²) in [4.78, 5) is 13.8. The molecule has 0 aliphatic rings. The van der Waals surface area contributed by atoms with Crippen LogP contribution in [0.15, 0.2) is 113 Å². The maximum Gasteiger partial charge on any atom is 0.193 e. The van der Waals surface area contributed by atoms with Crippen molar-refractivity contribution in [3.8, 4) is 45.9 Å². The molecule has 0 heterocycles. The zero-order valence-corrected chi connectivity index (χ0v) is 40.0. The van der Waals surface area contributed by atoms with Crippen LogP contribution in [0.25, 0.3) is 33.0 Å². The van der Waals surface area contributed by atoms with Gasteiger partial charge in [0.15, 0.2) is 5.78 Å². The average molecular weight is 951 g/mol. The van der Waals surface area contributed by atoms with Crippen LogP contribution in [0.2, 0.25) is 0 Å². The molecule has 0 amide bonds. The number of carbonyl (C=O) groups excluding carboxylic acids is 1. The van der Waals surface area contributed by atoms with Crippen molar-refractivity contribution < 1.29 is 44.9 Å². The summed E-state index contributed by atoms with van der Waals surface area (Å²) in [7, 11) is -11.3. The summed E-state index contributed by atoms with van der Waals surface area (Å²) in [6.07, 6.45) is 2.92. The van der Waals surface area contributed by atoms with Crippen molar-refractivity contribution in [3.05, 3.63) is 143 Å². The first-order valence-electron chi connectivity index (χ1n) is 22.3. The predicted molar refractivity (Wildman–Crippen MR) is 260 cm³/mol. The molecule has 3 unspecified atom stereocenters. The second-order valence-electron chi connectivity index (χ2n) is 17.8. The number of nitriles is 2. The highest BCUT2D eigenvalue weighted by molar-refractivity contribution is 8.11. The highest BCUT2D eigenvalue weighted by Crippen LogP contribution is 2.44. The van der Waals surface area contributed by atoms with Gasteiger partial charge in [-0.2, -0.15) is 10.5 Å². The maximum absolute atomic E-state index is 15.0. The van der Waals surface area contributed by atoms with Gasteiger partial charge in [-0.1, -0.05) is 103 Å². The highest BCUT2D eigenvalue weighted by atomic mass is 32.3. The Kier molecular flexibility index (Phi) is 14.6. The molecule has 0 saturated heterocycles. The molecule has 0 radical (unpaired) electrons. The monoisotopic (exact) mass is 950 g/mol. The highest BCUT2D eigenvalue weighted by Gasteiger charge is 2.41. The third-order valence-electron chi connectivity index (χ3n) is 12.6. The van der Waals surface area contributed by atoms with Gasteiger partial charge in [0.25, 0.3) is 0 Å². The molecular weight excluding hydrogens is 895 g/mol. The summed E-state index contributed by atoms with van der Waals surface area (Å²) in [6, 6.07) is 28.1. The fourth-order valence-electron chi connectivity index (χ4n) is 8.14. The minimum atomic E-state index is -5.75. The molecule has 352 valence electrons. The summed E-state index contributed by atoms with van der Waals surface area (Å²) in [5, 5.41) is 20.1. The second kappa shape index (κ2) is 19.3. The van der Waals surface area contributed by atoms with Gasteiger partial charge >= 0.3 is 0 Å². The minimum Gasteiger partial charge on any atom is -0.457 e. The lowest BCUT2D eigenvalue weighted by atomic mass is 9.87. The van der Waals surface area contributed by atoms with Crippen LogP contribution in [0.4, 0.5) is 8.78 Å². The Hall–Kier alpha value is -5.97. The molecule has 0 spiro atoms. The van der Waals surface area contributed by atoms with Crippen LogP contribution in [-0.2, 0) is 25.7 Å². The smallest absolute Gasteiger partial charge is 0.193 e. The van der Waals surface area contributed by atoms with Crippen LogP contribution >= 0.6 is 0 Å². The van der Waals surface area contributed by atoms with Crippen LogP contribution in [-0.4, -0.2) is 43.9 Å². The summed E-state index contributed by atoms with van der Waals surface area (Å²) in [5.41, 5.74) is 1.31. The van der Waals surface area contributed by atoms with E-state index in [1.165, 1.54) is 48.5 Å². The number of hydrogen-bond donors (Lipinski definition) is 4. The fourth-order valence-corrected chi connectivity index (χ4v) is 12.8. The average Bonchev–Trinajstić information content (AvgIpc) is 3.29. The molecule has 3 atom stereocenters. The van der Waals surface area contributed by atoms with E-state index in [-0.39, 0.29) is 67.3 Å². The Bertz CT molecular complexity index is 3120. The number of halogens is 2. The maximum atomic E-state index is 15.0. The Morgan fingerprint density at radius 2 is 1.27 bits per heavy atom. The number of fused-ring (bicyclic) bond motifs is 1. The lowest BCUT2D eigenvalue weighted by Crippen LogP contribution is -2.41. The SMILES string of the molecule is CCC(C)CCc1cc(C(=O)c2cc(-c3cccc(F)c3C#N)ccc2-c2cccc(F)c2C#N)ccc1Oc1ccc2cc(S(=O)(O)(O)CC(C)CC)cc(S(=O)(O)(O)CC(C)CC)c2c1. The van der Waals surface area contributed by atoms with Crippen molar-refractivity contribution in [3.63, 3.8) is 0 Å². The van der Waals surface area contributed by atoms with E-state index in [2.05, 4.69) is 13.8 Å². The van der Waals surface area contributed by atoms with E-state index < -0.39 is 63.9 Å². The molecular formula is C53H56F2N2O8S2. The van der Waals surface area contributed by atoms with Crippen LogP contribution < -0.4 is 4.74 Å². The third kappa shape index (κ3) is 10.9. The lowest BCUT2D eigenvalue weighted by molar-refractivity contribution is 0.103. The van der Waals surface area contributed by atoms with Crippen LogP contribution in [0.3, 0.4) is 0 Å². The number of ether oxygens (including phenoxy) is 1. The van der Waals surface area contributed by atoms with Crippen molar-refractivity contribution in [2.75, 3.05) is 11.5 Å². The van der Waals surface area contributed by atoms with Crippen molar-refractivity contribution in [1.82, 2.24) is 0 Å². The first-order chi connectivity index (χ1) is 31.5. The Labute approximate surface area is 390 Å². The van der Waals surface area contributed by atoms with Crippen LogP contribution in [0.5, 0.6) is 11.5 Å². The number of benzene rings is 6. The number of nitrogens with zero attached hydrogens (tertiary/aromatic N) is 2. The Morgan fingerprint density at radius 1 is 0.672 bits per heavy atom. The third-order valence-corrected chi connectivity index (χ3v) is 17.4. The largest absolute Gasteiger partial charge is 0.457 e. The van der Waals surface area contributed by atoms with E-state index >= 15 is 4.39 Å². The van der Waals surface area contributed by atoms with Gasteiger partial charge in [0.2, 0.25) is 0 Å². The van der Waals surface area contributed by atoms with E-state index in [0.717, 1.165) is 24.6 Å². The molecule has 6 rings (SSSR count). The quantitative estimate of drug-likeness (QED) is 0.0603. The minimum absolute atomic E-state index is 0.0468. The van der Waals surface area contributed by atoms with Gasteiger partial charge in [-0.15, -0.1) is 0 Å². The van der Waals surface area contributed by atoms with Gasteiger partial charge in [-0.05, 0) is 113 Å². The number of hydrogen-bond acceptors (Lipinski definition) is 6. The predicted octanol–water partition coefficient (Wildman–Crippen LogP) is 13.5. The van der Waals surface area contributed by atoms with Gasteiger partial charge in [-0.25, -0.2) is 17.2 Å². The van der Waals surface area contributed by atoms with Gasteiger partial charge in [0, 0.05) is 27.6 Å². The summed E-state index contributed by atoms with van der Waals surface area (Å²) < 4.78 is 111. The van der Waals surface area contributed by atoms with E-state index in [9.17, 15) is 46.3 Å². The Morgan fingerprint density at radius 3 is 1.88 bits per heavy atom. The molecule has 4 N–H and O–H groups in total. The lowest BCUT2D eigenvalue weighted by Gasteiger charge is -2.37. The van der Waals surface area contributed by atoms with Crippen molar-refractivity contribution in [1.29, 1.82) is 10.5 Å². The molecule has 0 saturated carbocycles. The van der Waals surface area contributed by atoms with Gasteiger partial charge in [0.1, 0.15) is 54.5 Å². The number of ketones is 1. The molecule has 0 aromatic heterocycles.